The van der Waals surface area contributed by atoms with Gasteiger partial charge in [-0.05, 0) is 17.7 Å². The molecule has 5 heteroatoms. The second-order valence-electron chi connectivity index (χ2n) is 3.32. The summed E-state index contributed by atoms with van der Waals surface area (Å²) in [6.07, 6.45) is 3.02. The summed E-state index contributed by atoms with van der Waals surface area (Å²) in [5, 5.41) is 3.27. The Morgan fingerprint density at radius 3 is 2.94 bits per heavy atom. The fourth-order valence-electron chi connectivity index (χ4n) is 1.31. The van der Waals surface area contributed by atoms with E-state index in [0.717, 1.165) is 11.3 Å². The van der Waals surface area contributed by atoms with E-state index in [1.165, 1.54) is 12.5 Å². The highest BCUT2D eigenvalue weighted by atomic mass is 35.5. The molecule has 1 aromatic carbocycles. The zero-order chi connectivity index (χ0) is 11.4. The highest BCUT2D eigenvalue weighted by Gasteiger charge is 2.01. The fourth-order valence-corrected chi connectivity index (χ4v) is 1.51. The quantitative estimate of drug-likeness (QED) is 0.893. The summed E-state index contributed by atoms with van der Waals surface area (Å²) in [5.41, 5.74) is 0.922. The summed E-state index contributed by atoms with van der Waals surface area (Å²) in [5.74, 6) is 0.355. The molecule has 3 nitrogen and oxygen atoms in total. The first-order valence-electron chi connectivity index (χ1n) is 4.78. The van der Waals surface area contributed by atoms with Crippen LogP contribution >= 0.6 is 11.6 Å². The van der Waals surface area contributed by atoms with Crippen LogP contribution in [0.3, 0.4) is 0 Å². The number of nitrogens with zero attached hydrogens (tertiary/aromatic N) is 1. The van der Waals surface area contributed by atoms with Gasteiger partial charge in [0, 0.05) is 6.54 Å². The van der Waals surface area contributed by atoms with Crippen LogP contribution in [-0.2, 0) is 13.1 Å². The Balaban J connectivity index is 1.87. The third-order valence-corrected chi connectivity index (χ3v) is 2.39. The Bertz CT molecular complexity index is 459. The average molecular weight is 241 g/mol. The Kier molecular flexibility index (Phi) is 3.54. The summed E-state index contributed by atoms with van der Waals surface area (Å²) in [6.45, 7) is 1.18. The monoisotopic (exact) mass is 240 g/mol. The molecule has 0 radical (unpaired) electrons. The summed E-state index contributed by atoms with van der Waals surface area (Å²) in [4.78, 5) is 3.80. The Morgan fingerprint density at radius 2 is 2.25 bits per heavy atom. The molecule has 0 aliphatic rings. The van der Waals surface area contributed by atoms with Gasteiger partial charge in [-0.25, -0.2) is 9.37 Å². The van der Waals surface area contributed by atoms with E-state index in [1.54, 1.807) is 18.3 Å². The second-order valence-corrected chi connectivity index (χ2v) is 3.73. The van der Waals surface area contributed by atoms with E-state index in [-0.39, 0.29) is 5.02 Å². The van der Waals surface area contributed by atoms with E-state index in [9.17, 15) is 4.39 Å². The fraction of sp³-hybridized carbons (Fsp3) is 0.182. The van der Waals surface area contributed by atoms with Gasteiger partial charge in [0.05, 0.1) is 17.8 Å². The van der Waals surface area contributed by atoms with Crippen LogP contribution in [0.15, 0.2) is 35.2 Å². The lowest BCUT2D eigenvalue weighted by atomic mass is 10.2. The van der Waals surface area contributed by atoms with Crippen molar-refractivity contribution in [2.24, 2.45) is 0 Å². The SMILES string of the molecule is Fc1ccc(CNCc2cnco2)cc1Cl. The van der Waals surface area contributed by atoms with Gasteiger partial charge in [-0.1, -0.05) is 17.7 Å². The minimum atomic E-state index is -0.402. The van der Waals surface area contributed by atoms with Gasteiger partial charge in [-0.15, -0.1) is 0 Å². The number of oxazole rings is 1. The first-order valence-corrected chi connectivity index (χ1v) is 5.15. The van der Waals surface area contributed by atoms with Crippen molar-refractivity contribution < 1.29 is 8.81 Å². The van der Waals surface area contributed by atoms with E-state index < -0.39 is 5.82 Å². The number of aromatic nitrogens is 1. The molecular formula is C11H10ClFN2O. The molecule has 84 valence electrons. The van der Waals surface area contributed by atoms with Gasteiger partial charge in [-0.3, -0.25) is 0 Å². The molecule has 0 aliphatic heterocycles. The maximum atomic E-state index is 12.9. The molecule has 2 rings (SSSR count). The van der Waals surface area contributed by atoms with E-state index in [2.05, 4.69) is 10.3 Å². The van der Waals surface area contributed by atoms with E-state index in [0.29, 0.717) is 13.1 Å². The third kappa shape index (κ3) is 2.81. The lowest BCUT2D eigenvalue weighted by Crippen LogP contribution is -2.12. The van der Waals surface area contributed by atoms with E-state index in [4.69, 9.17) is 16.0 Å². The van der Waals surface area contributed by atoms with Gasteiger partial charge in [0.15, 0.2) is 6.39 Å². The summed E-state index contributed by atoms with van der Waals surface area (Å²) >= 11 is 5.66. The molecule has 1 N–H and O–H groups in total. The molecule has 0 unspecified atom stereocenters. The standard InChI is InChI=1S/C11H10ClFN2O/c12-10-3-8(1-2-11(10)13)4-14-5-9-6-15-7-16-9/h1-3,6-7,14H,4-5H2. The molecule has 1 heterocycles. The zero-order valence-electron chi connectivity index (χ0n) is 8.41. The van der Waals surface area contributed by atoms with Crippen molar-refractivity contribution >= 4 is 11.6 Å². The lowest BCUT2D eigenvalue weighted by Gasteiger charge is -2.03. The Hall–Kier alpha value is -1.39. The van der Waals surface area contributed by atoms with Crippen molar-refractivity contribution in [2.75, 3.05) is 0 Å². The van der Waals surface area contributed by atoms with Gasteiger partial charge >= 0.3 is 0 Å². The Morgan fingerprint density at radius 1 is 1.38 bits per heavy atom. The predicted octanol–water partition coefficient (Wildman–Crippen LogP) is 2.76. The van der Waals surface area contributed by atoms with Crippen molar-refractivity contribution in [3.8, 4) is 0 Å². The number of benzene rings is 1. The normalized spacial score (nSPS) is 10.6. The van der Waals surface area contributed by atoms with Gasteiger partial charge in [0.2, 0.25) is 0 Å². The largest absolute Gasteiger partial charge is 0.447 e. The minimum absolute atomic E-state index is 0.138. The van der Waals surface area contributed by atoms with Crippen molar-refractivity contribution in [1.29, 1.82) is 0 Å². The van der Waals surface area contributed by atoms with Crippen LogP contribution < -0.4 is 5.32 Å². The number of nitrogens with one attached hydrogen (secondary N) is 1. The summed E-state index contributed by atoms with van der Waals surface area (Å²) in [6, 6.07) is 4.65. The van der Waals surface area contributed by atoms with Crippen LogP contribution in [0.1, 0.15) is 11.3 Å². The van der Waals surface area contributed by atoms with Gasteiger partial charge in [0.1, 0.15) is 11.6 Å². The van der Waals surface area contributed by atoms with Crippen LogP contribution in [-0.4, -0.2) is 4.98 Å². The van der Waals surface area contributed by atoms with Gasteiger partial charge in [0.25, 0.3) is 0 Å². The predicted molar refractivity (Wildman–Crippen MR) is 58.5 cm³/mol. The molecule has 1 aromatic heterocycles. The lowest BCUT2D eigenvalue weighted by molar-refractivity contribution is 0.479. The summed E-state index contributed by atoms with van der Waals surface area (Å²) < 4.78 is 17.9. The molecule has 0 aliphatic carbocycles. The Labute approximate surface area is 97.3 Å². The smallest absolute Gasteiger partial charge is 0.180 e. The molecule has 0 bridgehead atoms. The molecule has 0 atom stereocenters. The van der Waals surface area contributed by atoms with Crippen molar-refractivity contribution in [1.82, 2.24) is 10.3 Å². The second kappa shape index (κ2) is 5.09. The van der Waals surface area contributed by atoms with Crippen LogP contribution in [0.25, 0.3) is 0 Å². The number of rotatable bonds is 4. The van der Waals surface area contributed by atoms with Crippen LogP contribution in [0.2, 0.25) is 5.02 Å². The van der Waals surface area contributed by atoms with Crippen LogP contribution in [0.5, 0.6) is 0 Å². The number of halogens is 2. The highest BCUT2D eigenvalue weighted by molar-refractivity contribution is 6.30. The van der Waals surface area contributed by atoms with Gasteiger partial charge < -0.3 is 9.73 Å². The molecule has 16 heavy (non-hydrogen) atoms. The van der Waals surface area contributed by atoms with Crippen molar-refractivity contribution in [3.05, 3.63) is 53.0 Å². The van der Waals surface area contributed by atoms with Crippen molar-refractivity contribution in [3.63, 3.8) is 0 Å². The minimum Gasteiger partial charge on any atom is -0.447 e. The molecule has 0 spiro atoms. The van der Waals surface area contributed by atoms with E-state index in [1.807, 2.05) is 0 Å². The molecule has 0 saturated heterocycles. The number of hydrogen-bond donors (Lipinski definition) is 1. The summed E-state index contributed by atoms with van der Waals surface area (Å²) in [7, 11) is 0. The molecular weight excluding hydrogens is 231 g/mol. The van der Waals surface area contributed by atoms with E-state index >= 15 is 0 Å². The molecule has 0 fully saturated rings. The zero-order valence-corrected chi connectivity index (χ0v) is 9.17. The highest BCUT2D eigenvalue weighted by Crippen LogP contribution is 2.15. The van der Waals surface area contributed by atoms with Gasteiger partial charge in [-0.2, -0.15) is 0 Å². The first kappa shape index (κ1) is 11.1. The van der Waals surface area contributed by atoms with Crippen LogP contribution in [0, 0.1) is 5.82 Å². The average Bonchev–Trinajstić information content (AvgIpc) is 2.76. The molecule has 0 amide bonds. The molecule has 2 aromatic rings. The van der Waals surface area contributed by atoms with Crippen molar-refractivity contribution in [2.45, 2.75) is 13.1 Å². The maximum Gasteiger partial charge on any atom is 0.180 e. The third-order valence-electron chi connectivity index (χ3n) is 2.10. The first-order chi connectivity index (χ1) is 7.75. The van der Waals surface area contributed by atoms with Crippen LogP contribution in [0.4, 0.5) is 4.39 Å². The molecule has 0 saturated carbocycles. The maximum absolute atomic E-state index is 12.9. The topological polar surface area (TPSA) is 38.1 Å². The number of hydrogen-bond acceptors (Lipinski definition) is 3.